The van der Waals surface area contributed by atoms with Crippen LogP contribution < -0.4 is 4.74 Å². The molecular formula is C18H19ClO2. The van der Waals surface area contributed by atoms with Crippen LogP contribution in [0.1, 0.15) is 12.0 Å². The van der Waals surface area contributed by atoms with Crippen molar-refractivity contribution in [1.82, 2.24) is 0 Å². The van der Waals surface area contributed by atoms with Gasteiger partial charge in [-0.25, -0.2) is 0 Å². The first-order chi connectivity index (χ1) is 10.3. The van der Waals surface area contributed by atoms with Crippen LogP contribution in [0.2, 0.25) is 0 Å². The van der Waals surface area contributed by atoms with Gasteiger partial charge in [-0.2, -0.15) is 0 Å². The molecule has 0 saturated heterocycles. The summed E-state index contributed by atoms with van der Waals surface area (Å²) in [5.41, 5.74) is 2.52. The van der Waals surface area contributed by atoms with Crippen molar-refractivity contribution in [2.45, 2.75) is 12.8 Å². The third-order valence-electron chi connectivity index (χ3n) is 3.20. The van der Waals surface area contributed by atoms with E-state index in [9.17, 15) is 5.11 Å². The van der Waals surface area contributed by atoms with Crippen molar-refractivity contribution in [1.29, 1.82) is 0 Å². The number of allylic oxidation sites excluding steroid dienone is 1. The van der Waals surface area contributed by atoms with Crippen LogP contribution in [0, 0.1) is 0 Å². The molecule has 21 heavy (non-hydrogen) atoms. The SMILES string of the molecule is C=CCc1cccc(-c2ccccc2OCCCCl)c1O. The molecule has 0 aliphatic carbocycles. The quantitative estimate of drug-likeness (QED) is 0.452. The number of rotatable bonds is 7. The standard InChI is InChI=1S/C18H19ClO2/c1-2-7-14-8-5-10-16(18(14)20)15-9-3-4-11-17(15)21-13-6-12-19/h2-5,8-11,20H,1,6-7,12-13H2. The van der Waals surface area contributed by atoms with E-state index in [1.54, 1.807) is 6.08 Å². The van der Waals surface area contributed by atoms with Crippen LogP contribution in [0.5, 0.6) is 11.5 Å². The lowest BCUT2D eigenvalue weighted by Crippen LogP contribution is -1.99. The van der Waals surface area contributed by atoms with Crippen molar-refractivity contribution in [3.05, 3.63) is 60.7 Å². The molecular weight excluding hydrogens is 284 g/mol. The second-order valence-electron chi connectivity index (χ2n) is 4.69. The predicted molar refractivity (Wildman–Crippen MR) is 88.3 cm³/mol. The number of hydrogen-bond acceptors (Lipinski definition) is 2. The summed E-state index contributed by atoms with van der Waals surface area (Å²) >= 11 is 5.68. The summed E-state index contributed by atoms with van der Waals surface area (Å²) in [6.45, 7) is 4.28. The van der Waals surface area contributed by atoms with Gasteiger partial charge in [0.25, 0.3) is 0 Å². The molecule has 0 heterocycles. The molecule has 2 nitrogen and oxygen atoms in total. The fourth-order valence-corrected chi connectivity index (χ4v) is 2.29. The maximum atomic E-state index is 10.4. The fraction of sp³-hybridized carbons (Fsp3) is 0.222. The third kappa shape index (κ3) is 3.79. The molecule has 110 valence electrons. The monoisotopic (exact) mass is 302 g/mol. The van der Waals surface area contributed by atoms with Gasteiger partial charge in [-0.1, -0.05) is 42.5 Å². The van der Waals surface area contributed by atoms with E-state index in [0.717, 1.165) is 28.9 Å². The molecule has 0 aromatic heterocycles. The Morgan fingerprint density at radius 3 is 2.62 bits per heavy atom. The van der Waals surface area contributed by atoms with Crippen LogP contribution in [-0.2, 0) is 6.42 Å². The van der Waals surface area contributed by atoms with Gasteiger partial charge >= 0.3 is 0 Å². The number of para-hydroxylation sites is 2. The van der Waals surface area contributed by atoms with Crippen LogP contribution >= 0.6 is 11.6 Å². The molecule has 0 atom stereocenters. The Kier molecular flexibility index (Phi) is 5.70. The topological polar surface area (TPSA) is 29.5 Å². The highest BCUT2D eigenvalue weighted by atomic mass is 35.5. The van der Waals surface area contributed by atoms with Crippen molar-refractivity contribution in [3.8, 4) is 22.6 Å². The molecule has 1 N–H and O–H groups in total. The van der Waals surface area contributed by atoms with Crippen LogP contribution in [0.15, 0.2) is 55.1 Å². The summed E-state index contributed by atoms with van der Waals surface area (Å²) in [6, 6.07) is 13.4. The molecule has 0 radical (unpaired) electrons. The first-order valence-electron chi connectivity index (χ1n) is 6.98. The van der Waals surface area contributed by atoms with E-state index < -0.39 is 0 Å². The van der Waals surface area contributed by atoms with Gasteiger partial charge in [0, 0.05) is 17.0 Å². The third-order valence-corrected chi connectivity index (χ3v) is 3.46. The maximum Gasteiger partial charge on any atom is 0.127 e. The molecule has 0 aliphatic heterocycles. The zero-order chi connectivity index (χ0) is 15.1. The average molecular weight is 303 g/mol. The molecule has 2 aromatic carbocycles. The molecule has 0 aliphatic rings. The summed E-state index contributed by atoms with van der Waals surface area (Å²) in [5, 5.41) is 10.4. The summed E-state index contributed by atoms with van der Waals surface area (Å²) in [6.07, 6.45) is 3.20. The lowest BCUT2D eigenvalue weighted by Gasteiger charge is -2.14. The predicted octanol–water partition coefficient (Wildman–Crippen LogP) is 4.80. The summed E-state index contributed by atoms with van der Waals surface area (Å²) in [7, 11) is 0. The molecule has 0 unspecified atom stereocenters. The van der Waals surface area contributed by atoms with E-state index in [0.29, 0.717) is 18.9 Å². The lowest BCUT2D eigenvalue weighted by atomic mass is 9.99. The number of hydrogen-bond donors (Lipinski definition) is 1. The van der Waals surface area contributed by atoms with Crippen LogP contribution in [-0.4, -0.2) is 17.6 Å². The Morgan fingerprint density at radius 2 is 1.86 bits per heavy atom. The average Bonchev–Trinajstić information content (AvgIpc) is 2.51. The summed E-state index contributed by atoms with van der Waals surface area (Å²) in [4.78, 5) is 0. The summed E-state index contributed by atoms with van der Waals surface area (Å²) in [5.74, 6) is 1.61. The number of aromatic hydroxyl groups is 1. The molecule has 0 bridgehead atoms. The van der Waals surface area contributed by atoms with Crippen molar-refractivity contribution >= 4 is 11.6 Å². The van der Waals surface area contributed by atoms with Gasteiger partial charge in [0.1, 0.15) is 11.5 Å². The smallest absolute Gasteiger partial charge is 0.127 e. The highest BCUT2D eigenvalue weighted by Crippen LogP contribution is 2.37. The Balaban J connectivity index is 2.37. The molecule has 2 rings (SSSR count). The minimum Gasteiger partial charge on any atom is -0.507 e. The van der Waals surface area contributed by atoms with E-state index in [2.05, 4.69) is 6.58 Å². The Bertz CT molecular complexity index is 608. The highest BCUT2D eigenvalue weighted by Gasteiger charge is 2.12. The highest BCUT2D eigenvalue weighted by molar-refractivity contribution is 6.17. The van der Waals surface area contributed by atoms with Gasteiger partial charge in [0.2, 0.25) is 0 Å². The minimum absolute atomic E-state index is 0.283. The van der Waals surface area contributed by atoms with Gasteiger partial charge in [-0.15, -0.1) is 18.2 Å². The lowest BCUT2D eigenvalue weighted by molar-refractivity contribution is 0.319. The van der Waals surface area contributed by atoms with Gasteiger partial charge < -0.3 is 9.84 Å². The first kappa shape index (κ1) is 15.5. The number of ether oxygens (including phenoxy) is 1. The number of halogens is 1. The number of phenols is 1. The van der Waals surface area contributed by atoms with Crippen LogP contribution in [0.4, 0.5) is 0 Å². The minimum atomic E-state index is 0.283. The van der Waals surface area contributed by atoms with E-state index >= 15 is 0 Å². The zero-order valence-corrected chi connectivity index (χ0v) is 12.6. The largest absolute Gasteiger partial charge is 0.507 e. The van der Waals surface area contributed by atoms with Crippen molar-refractivity contribution < 1.29 is 9.84 Å². The molecule has 2 aromatic rings. The van der Waals surface area contributed by atoms with Crippen molar-refractivity contribution in [2.24, 2.45) is 0 Å². The molecule has 0 spiro atoms. The second-order valence-corrected chi connectivity index (χ2v) is 5.07. The van der Waals surface area contributed by atoms with E-state index in [-0.39, 0.29) is 5.75 Å². The second kappa shape index (κ2) is 7.75. The van der Waals surface area contributed by atoms with Gasteiger partial charge in [-0.3, -0.25) is 0 Å². The van der Waals surface area contributed by atoms with Gasteiger partial charge in [-0.05, 0) is 24.5 Å². The molecule has 0 fully saturated rings. The van der Waals surface area contributed by atoms with Crippen LogP contribution in [0.3, 0.4) is 0 Å². The van der Waals surface area contributed by atoms with Crippen molar-refractivity contribution in [2.75, 3.05) is 12.5 Å². The van der Waals surface area contributed by atoms with E-state index in [1.807, 2.05) is 42.5 Å². The Labute approximate surface area is 130 Å². The number of benzene rings is 2. The summed E-state index contributed by atoms with van der Waals surface area (Å²) < 4.78 is 5.77. The Morgan fingerprint density at radius 1 is 1.10 bits per heavy atom. The number of alkyl halides is 1. The van der Waals surface area contributed by atoms with E-state index in [1.165, 1.54) is 0 Å². The van der Waals surface area contributed by atoms with Gasteiger partial charge in [0.05, 0.1) is 6.61 Å². The fourth-order valence-electron chi connectivity index (χ4n) is 2.18. The molecule has 0 saturated carbocycles. The molecule has 0 amide bonds. The van der Waals surface area contributed by atoms with Gasteiger partial charge in [0.15, 0.2) is 0 Å². The number of phenolic OH excluding ortho intramolecular Hbond substituents is 1. The van der Waals surface area contributed by atoms with Crippen molar-refractivity contribution in [3.63, 3.8) is 0 Å². The zero-order valence-electron chi connectivity index (χ0n) is 11.9. The van der Waals surface area contributed by atoms with E-state index in [4.69, 9.17) is 16.3 Å². The van der Waals surface area contributed by atoms with Crippen LogP contribution in [0.25, 0.3) is 11.1 Å². The maximum absolute atomic E-state index is 10.4. The molecule has 3 heteroatoms. The first-order valence-corrected chi connectivity index (χ1v) is 7.51. The Hall–Kier alpha value is -1.93. The normalized spacial score (nSPS) is 10.3.